The Kier molecular flexibility index (Phi) is 5.32. The van der Waals surface area contributed by atoms with Crippen LogP contribution < -0.4 is 4.74 Å². The normalized spacial score (nSPS) is 12.1. The second kappa shape index (κ2) is 6.89. The molecule has 0 bridgehead atoms. The van der Waals surface area contributed by atoms with E-state index in [1.54, 1.807) is 13.2 Å². The maximum atomic E-state index is 11.8. The average molecular weight is 336 g/mol. The fourth-order valence-corrected chi connectivity index (χ4v) is 3.55. The molecule has 0 amide bonds. The second-order valence-corrected chi connectivity index (χ2v) is 7.49. The average Bonchev–Trinajstić information content (AvgIpc) is 2.71. The lowest BCUT2D eigenvalue weighted by molar-refractivity contribution is 0.416. The Hall–Kier alpha value is -1.59. The van der Waals surface area contributed by atoms with Gasteiger partial charge in [0.25, 0.3) is 10.1 Å². The molecule has 0 atom stereocenters. The molecule has 0 spiro atoms. The highest BCUT2D eigenvalue weighted by molar-refractivity contribution is 7.86. The van der Waals surface area contributed by atoms with Crippen LogP contribution in [0.3, 0.4) is 0 Å². The summed E-state index contributed by atoms with van der Waals surface area (Å²) in [5.41, 5.74) is 3.21. The Morgan fingerprint density at radius 1 is 1.22 bits per heavy atom. The molecule has 5 heteroatoms. The van der Waals surface area contributed by atoms with Crippen LogP contribution in [0.4, 0.5) is 0 Å². The van der Waals surface area contributed by atoms with E-state index in [1.165, 1.54) is 0 Å². The highest BCUT2D eigenvalue weighted by Gasteiger charge is 2.26. The predicted octanol–water partition coefficient (Wildman–Crippen LogP) is 4.51. The van der Waals surface area contributed by atoms with Gasteiger partial charge in [-0.15, -0.1) is 0 Å². The topological polar surface area (TPSA) is 63.6 Å². The van der Waals surface area contributed by atoms with E-state index in [2.05, 4.69) is 6.92 Å². The molecule has 2 aliphatic rings. The number of rotatable bonds is 6. The van der Waals surface area contributed by atoms with Crippen molar-refractivity contribution in [2.45, 2.75) is 50.8 Å². The van der Waals surface area contributed by atoms with E-state index in [0.29, 0.717) is 11.3 Å². The van der Waals surface area contributed by atoms with Crippen LogP contribution >= 0.6 is 0 Å². The van der Waals surface area contributed by atoms with E-state index in [9.17, 15) is 13.0 Å². The maximum Gasteiger partial charge on any atom is 0.295 e. The molecule has 0 aromatic rings. The van der Waals surface area contributed by atoms with Gasteiger partial charge in [-0.25, -0.2) is 0 Å². The Labute approximate surface area is 138 Å². The number of hydrogen-bond acceptors (Lipinski definition) is 3. The van der Waals surface area contributed by atoms with Crippen LogP contribution in [0.25, 0.3) is 11.1 Å². The third kappa shape index (κ3) is 3.67. The second-order valence-electron chi connectivity index (χ2n) is 6.10. The van der Waals surface area contributed by atoms with Crippen molar-refractivity contribution in [3.63, 3.8) is 0 Å². The molecular weight excluding hydrogens is 312 g/mol. The van der Waals surface area contributed by atoms with Gasteiger partial charge in [0.15, 0.2) is 0 Å². The Morgan fingerprint density at radius 2 is 1.91 bits per heavy atom. The van der Waals surface area contributed by atoms with Gasteiger partial charge >= 0.3 is 0 Å². The first-order chi connectivity index (χ1) is 10.8. The van der Waals surface area contributed by atoms with Gasteiger partial charge in [0.05, 0.1) is 7.11 Å². The summed E-state index contributed by atoms with van der Waals surface area (Å²) in [6.45, 7) is 6.17. The zero-order valence-corrected chi connectivity index (χ0v) is 14.9. The van der Waals surface area contributed by atoms with Crippen molar-refractivity contribution < 1.29 is 17.7 Å². The summed E-state index contributed by atoms with van der Waals surface area (Å²) in [5.74, 6) is 0.867. The van der Waals surface area contributed by atoms with Crippen LogP contribution in [0.1, 0.15) is 50.7 Å². The van der Waals surface area contributed by atoms with Crippen molar-refractivity contribution in [2.75, 3.05) is 7.11 Å². The smallest absolute Gasteiger partial charge is 0.295 e. The lowest BCUT2D eigenvalue weighted by Gasteiger charge is -2.07. The summed E-state index contributed by atoms with van der Waals surface area (Å²) in [4.78, 5) is -0.0324. The lowest BCUT2D eigenvalue weighted by Crippen LogP contribution is -1.97. The quantitative estimate of drug-likeness (QED) is 0.788. The van der Waals surface area contributed by atoms with Crippen molar-refractivity contribution in [3.05, 3.63) is 35.4 Å². The van der Waals surface area contributed by atoms with E-state index >= 15 is 0 Å². The Morgan fingerprint density at radius 3 is 2.43 bits per heavy atom. The molecule has 0 fully saturated rings. The Bertz CT molecular complexity index is 763. The SMILES string of the molecule is CCCCc1cc(S(=O)(=O)O)c2cc(C(C)C)ccc(OC)c1-2. The number of hydrogen-bond donors (Lipinski definition) is 1. The van der Waals surface area contributed by atoms with Crippen LogP contribution in [0.15, 0.2) is 29.2 Å². The molecule has 4 nitrogen and oxygen atoms in total. The van der Waals surface area contributed by atoms with E-state index in [1.807, 2.05) is 32.0 Å². The van der Waals surface area contributed by atoms with Crippen LogP contribution in [0.5, 0.6) is 5.75 Å². The molecule has 1 N–H and O–H groups in total. The van der Waals surface area contributed by atoms with Gasteiger partial charge in [-0.1, -0.05) is 33.3 Å². The molecule has 0 aromatic heterocycles. The third-order valence-corrected chi connectivity index (χ3v) is 5.00. The summed E-state index contributed by atoms with van der Waals surface area (Å²) in [6.07, 6.45) is 2.70. The van der Waals surface area contributed by atoms with Gasteiger partial charge < -0.3 is 4.74 Å². The minimum absolute atomic E-state index is 0.0324. The molecule has 2 aliphatic carbocycles. The van der Waals surface area contributed by atoms with Crippen LogP contribution in [0.2, 0.25) is 0 Å². The summed E-state index contributed by atoms with van der Waals surface area (Å²) in [5, 5.41) is 0. The van der Waals surface area contributed by atoms with E-state index < -0.39 is 10.1 Å². The predicted molar refractivity (Wildman–Crippen MR) is 92.1 cm³/mol. The molecule has 0 heterocycles. The Balaban J connectivity index is 2.82. The zero-order valence-electron chi connectivity index (χ0n) is 14.1. The van der Waals surface area contributed by atoms with E-state index in [0.717, 1.165) is 36.0 Å². The molecule has 0 aliphatic heterocycles. The van der Waals surface area contributed by atoms with Gasteiger partial charge in [0.1, 0.15) is 10.6 Å². The van der Waals surface area contributed by atoms with Crippen LogP contribution in [-0.2, 0) is 16.5 Å². The third-order valence-electron chi connectivity index (χ3n) is 4.11. The standard InChI is InChI=1S/C18H24O4S/c1-5-6-7-14-11-17(23(19,20)21)15-10-13(12(2)3)8-9-16(22-4)18(14)15/h8-12H,5-7H2,1-4H3,(H,19,20,21). The number of methoxy groups -OCH3 is 1. The van der Waals surface area contributed by atoms with Crippen LogP contribution in [0, 0.1) is 0 Å². The summed E-state index contributed by atoms with van der Waals surface area (Å²) in [6, 6.07) is 7.26. The van der Waals surface area contributed by atoms with E-state index in [-0.39, 0.29) is 10.8 Å². The lowest BCUT2D eigenvalue weighted by atomic mass is 10.0. The summed E-state index contributed by atoms with van der Waals surface area (Å²) < 4.78 is 38.8. The molecule has 0 unspecified atom stereocenters. The molecule has 2 rings (SSSR count). The van der Waals surface area contributed by atoms with E-state index in [4.69, 9.17) is 4.74 Å². The largest absolute Gasteiger partial charge is 0.496 e. The zero-order chi connectivity index (χ0) is 17.2. The van der Waals surface area contributed by atoms with Crippen molar-refractivity contribution in [2.24, 2.45) is 0 Å². The number of unbranched alkanes of at least 4 members (excludes halogenated alkanes) is 1. The first kappa shape index (κ1) is 17.8. The van der Waals surface area contributed by atoms with Gasteiger partial charge in [-0.05, 0) is 48.1 Å². The monoisotopic (exact) mass is 336 g/mol. The van der Waals surface area contributed by atoms with Gasteiger partial charge in [0, 0.05) is 11.1 Å². The van der Waals surface area contributed by atoms with Gasteiger partial charge in [-0.3, -0.25) is 4.55 Å². The van der Waals surface area contributed by atoms with Crippen LogP contribution in [-0.4, -0.2) is 20.1 Å². The minimum Gasteiger partial charge on any atom is -0.496 e. The highest BCUT2D eigenvalue weighted by Crippen LogP contribution is 2.42. The molecule has 0 aromatic carbocycles. The molecule has 0 saturated heterocycles. The van der Waals surface area contributed by atoms with Crippen molar-refractivity contribution in [1.82, 2.24) is 0 Å². The highest BCUT2D eigenvalue weighted by atomic mass is 32.2. The first-order valence-electron chi connectivity index (χ1n) is 7.90. The molecular formula is C18H24O4S. The van der Waals surface area contributed by atoms with Gasteiger partial charge in [-0.2, -0.15) is 8.42 Å². The molecule has 126 valence electrons. The van der Waals surface area contributed by atoms with Gasteiger partial charge in [0.2, 0.25) is 0 Å². The van der Waals surface area contributed by atoms with Crippen molar-refractivity contribution >= 4 is 10.1 Å². The summed E-state index contributed by atoms with van der Waals surface area (Å²) >= 11 is 0. The first-order valence-corrected chi connectivity index (χ1v) is 9.34. The number of aryl methyl sites for hydroxylation is 1. The van der Waals surface area contributed by atoms with Crippen molar-refractivity contribution in [1.29, 1.82) is 0 Å². The fraction of sp³-hybridized carbons (Fsp3) is 0.444. The molecule has 23 heavy (non-hydrogen) atoms. The van der Waals surface area contributed by atoms with Crippen molar-refractivity contribution in [3.8, 4) is 16.9 Å². The summed E-state index contributed by atoms with van der Waals surface area (Å²) in [7, 11) is -2.71. The maximum absolute atomic E-state index is 11.8. The molecule has 0 saturated carbocycles. The number of ether oxygens (including phenoxy) is 1. The fourth-order valence-electron chi connectivity index (χ4n) is 2.82. The number of fused-ring (bicyclic) bond motifs is 1. The minimum atomic E-state index is -4.29. The molecule has 0 radical (unpaired) electrons.